The Labute approximate surface area is 46.9 Å². The zero-order chi connectivity index (χ0) is 5.91. The van der Waals surface area contributed by atoms with Crippen molar-refractivity contribution >= 4 is 0 Å². The number of hydrogen-bond donors (Lipinski definition) is 0. The molecule has 0 aromatic carbocycles. The molecule has 0 aromatic rings. The molecule has 0 aliphatic carbocycles. The molecule has 0 N–H and O–H groups in total. The average molecular weight is 138 g/mol. The summed E-state index contributed by atoms with van der Waals surface area (Å²) in [5.41, 5.74) is 0. The van der Waals surface area contributed by atoms with Crippen LogP contribution in [0.3, 0.4) is 0 Å². The molecule has 0 fully saturated rings. The molecule has 0 spiro atoms. The maximum absolute atomic E-state index is 10.5. The molecular weight excluding hydrogens is 128 g/mol. The summed E-state index contributed by atoms with van der Waals surface area (Å²) in [6.45, 7) is 3.40. The molecule has 0 saturated carbocycles. The molecule has 3 heteroatoms. The normalized spacial score (nSPS) is 9.43. The van der Waals surface area contributed by atoms with Crippen molar-refractivity contribution in [2.24, 2.45) is 0 Å². The third-order valence-corrected chi connectivity index (χ3v) is 4.44. The van der Waals surface area contributed by atoms with Crippen LogP contribution in [0.1, 0.15) is 13.8 Å². The second-order valence-electron chi connectivity index (χ2n) is 1.62. The van der Waals surface area contributed by atoms with E-state index in [9.17, 15) is 6.65 Å². The van der Waals surface area contributed by atoms with Gasteiger partial charge in [-0.3, -0.25) is 0 Å². The zero-order valence-electron chi connectivity index (χ0n) is 4.73. The Morgan fingerprint density at radius 1 is 1.14 bits per heavy atom. The third kappa shape index (κ3) is 2.95. The van der Waals surface area contributed by atoms with Gasteiger partial charge in [0, 0.05) is 0 Å². The standard InChI is InChI=1S/2C2H5.2O.Ti/c2*1-2;;;/h2*1H2,2H3;;;. The Bertz CT molecular complexity index is 113. The molecule has 0 aliphatic rings. The van der Waals surface area contributed by atoms with Crippen molar-refractivity contribution in [3.8, 4) is 0 Å². The third-order valence-electron chi connectivity index (χ3n) is 1.08. The average Bonchev–Trinajstić information content (AvgIpc) is 1.68. The quantitative estimate of drug-likeness (QED) is 0.544. The van der Waals surface area contributed by atoms with Gasteiger partial charge in [0.15, 0.2) is 0 Å². The fourth-order valence-electron chi connectivity index (χ4n) is 0.250. The topological polar surface area (TPSA) is 34.1 Å². The van der Waals surface area contributed by atoms with Crippen LogP contribution in [-0.4, -0.2) is 0 Å². The van der Waals surface area contributed by atoms with Gasteiger partial charge in [0.25, 0.3) is 0 Å². The summed E-state index contributed by atoms with van der Waals surface area (Å²) in [7, 11) is 0. The molecular formula is C4H10O2Ti. The Balaban J connectivity index is 3.89. The number of rotatable bonds is 2. The van der Waals surface area contributed by atoms with Gasteiger partial charge in [-0.15, -0.1) is 0 Å². The molecule has 0 aromatic heterocycles. The Kier molecular flexibility index (Phi) is 2.70. The molecule has 0 rings (SSSR count). The van der Waals surface area contributed by atoms with Crippen LogP contribution < -0.4 is 0 Å². The van der Waals surface area contributed by atoms with E-state index in [0.717, 1.165) is 0 Å². The van der Waals surface area contributed by atoms with E-state index in [2.05, 4.69) is 0 Å². The molecule has 0 amide bonds. The Hall–Kier alpha value is 0.314. The predicted molar refractivity (Wildman–Crippen MR) is 22.3 cm³/mol. The van der Waals surface area contributed by atoms with Gasteiger partial charge >= 0.3 is 46.5 Å². The molecule has 0 aliphatic heterocycles. The molecule has 7 heavy (non-hydrogen) atoms. The van der Waals surface area contributed by atoms with Crippen LogP contribution in [0.4, 0.5) is 0 Å². The van der Waals surface area contributed by atoms with Crippen molar-refractivity contribution in [2.45, 2.75) is 23.3 Å². The second kappa shape index (κ2) is 2.58. The zero-order valence-corrected chi connectivity index (χ0v) is 6.29. The van der Waals surface area contributed by atoms with Gasteiger partial charge in [0.05, 0.1) is 0 Å². The van der Waals surface area contributed by atoms with Crippen LogP contribution in [0.5, 0.6) is 0 Å². The molecule has 0 unspecified atom stereocenters. The predicted octanol–water partition coefficient (Wildman–Crippen LogP) is 1.71. The SMILES string of the molecule is C[CH2][Ti](=[O])(=[O])[CH2]C. The van der Waals surface area contributed by atoms with Crippen molar-refractivity contribution in [3.63, 3.8) is 0 Å². The van der Waals surface area contributed by atoms with Crippen LogP contribution in [0, 0.1) is 0 Å². The molecule has 2 nitrogen and oxygen atoms in total. The van der Waals surface area contributed by atoms with Gasteiger partial charge in [-0.25, -0.2) is 0 Å². The van der Waals surface area contributed by atoms with Gasteiger partial charge < -0.3 is 0 Å². The minimum absolute atomic E-state index is 0.372. The summed E-state index contributed by atoms with van der Waals surface area (Å²) in [5, 5.41) is 0. The number of hydrogen-bond acceptors (Lipinski definition) is 2. The first-order chi connectivity index (χ1) is 3.12. The van der Waals surface area contributed by atoms with E-state index in [0.29, 0.717) is 9.45 Å². The Morgan fingerprint density at radius 3 is 1.43 bits per heavy atom. The van der Waals surface area contributed by atoms with E-state index in [1.54, 1.807) is 13.8 Å². The van der Waals surface area contributed by atoms with Gasteiger partial charge in [0.1, 0.15) is 0 Å². The maximum atomic E-state index is 10.5. The first-order valence-electron chi connectivity index (χ1n) is 2.53. The summed E-state index contributed by atoms with van der Waals surface area (Å²) in [6, 6.07) is 0. The monoisotopic (exact) mass is 138 g/mol. The summed E-state index contributed by atoms with van der Waals surface area (Å²) < 4.78 is 21.7. The van der Waals surface area contributed by atoms with Gasteiger partial charge in [0.2, 0.25) is 0 Å². The van der Waals surface area contributed by atoms with E-state index in [1.165, 1.54) is 0 Å². The summed E-state index contributed by atoms with van der Waals surface area (Å²) >= 11 is -3.58. The molecule has 0 bridgehead atoms. The van der Waals surface area contributed by atoms with E-state index in [-0.39, 0.29) is 0 Å². The molecule has 0 heterocycles. The summed E-state index contributed by atoms with van der Waals surface area (Å²) in [5.74, 6) is 0. The fraction of sp³-hybridized carbons (Fsp3) is 1.00. The van der Waals surface area contributed by atoms with Crippen molar-refractivity contribution in [1.82, 2.24) is 0 Å². The minimum atomic E-state index is -3.58. The van der Waals surface area contributed by atoms with Crippen molar-refractivity contribution in [2.75, 3.05) is 0 Å². The van der Waals surface area contributed by atoms with Crippen molar-refractivity contribution in [1.29, 1.82) is 0 Å². The van der Waals surface area contributed by atoms with Gasteiger partial charge in [-0.05, 0) is 0 Å². The van der Waals surface area contributed by atoms with Crippen molar-refractivity contribution < 1.29 is 23.2 Å². The molecule has 42 valence electrons. The second-order valence-corrected chi connectivity index (χ2v) is 6.67. The van der Waals surface area contributed by atoms with Crippen LogP contribution in [0.2, 0.25) is 9.45 Å². The fourth-order valence-corrected chi connectivity index (χ4v) is 1.03. The van der Waals surface area contributed by atoms with Gasteiger partial charge in [-0.1, -0.05) is 0 Å². The first-order valence-corrected chi connectivity index (χ1v) is 6.01. The van der Waals surface area contributed by atoms with E-state index < -0.39 is 16.5 Å². The summed E-state index contributed by atoms with van der Waals surface area (Å²) in [6.07, 6.45) is 0. The summed E-state index contributed by atoms with van der Waals surface area (Å²) in [4.78, 5) is 0. The van der Waals surface area contributed by atoms with Crippen molar-refractivity contribution in [3.05, 3.63) is 0 Å². The molecule has 0 atom stereocenters. The first kappa shape index (κ1) is 7.31. The van der Waals surface area contributed by atoms with E-state index >= 15 is 0 Å². The van der Waals surface area contributed by atoms with E-state index in [1.807, 2.05) is 0 Å². The Morgan fingerprint density at radius 2 is 1.43 bits per heavy atom. The molecule has 0 radical (unpaired) electrons. The van der Waals surface area contributed by atoms with E-state index in [4.69, 9.17) is 0 Å². The van der Waals surface area contributed by atoms with Crippen LogP contribution in [-0.2, 0) is 23.2 Å². The van der Waals surface area contributed by atoms with Crippen LogP contribution in [0.15, 0.2) is 0 Å². The molecule has 0 saturated heterocycles. The van der Waals surface area contributed by atoms with Crippen LogP contribution in [0.25, 0.3) is 0 Å². The van der Waals surface area contributed by atoms with Crippen LogP contribution >= 0.6 is 0 Å². The van der Waals surface area contributed by atoms with Gasteiger partial charge in [-0.2, -0.15) is 0 Å².